The maximum atomic E-state index is 13.4. The smallest absolute Gasteiger partial charge is 0.338 e. The van der Waals surface area contributed by atoms with Crippen molar-refractivity contribution < 1.29 is 24.2 Å². The molecule has 1 aromatic rings. The number of fused-ring (bicyclic) bond motifs is 2. The van der Waals surface area contributed by atoms with Crippen LogP contribution in [0.2, 0.25) is 0 Å². The Morgan fingerprint density at radius 1 is 1.18 bits per heavy atom. The van der Waals surface area contributed by atoms with Crippen LogP contribution in [-0.2, 0) is 14.3 Å². The molecule has 5 nitrogen and oxygen atoms in total. The number of ether oxygens (including phenoxy) is 1. The van der Waals surface area contributed by atoms with Gasteiger partial charge in [0, 0.05) is 5.41 Å². The molecular weight excluding hydrogens is 416 g/mol. The lowest BCUT2D eigenvalue weighted by Crippen LogP contribution is -2.62. The summed E-state index contributed by atoms with van der Waals surface area (Å²) in [6, 6.07) is 8.89. The van der Waals surface area contributed by atoms with Crippen molar-refractivity contribution in [2.75, 3.05) is 6.61 Å². The summed E-state index contributed by atoms with van der Waals surface area (Å²) >= 11 is 0. The van der Waals surface area contributed by atoms with Gasteiger partial charge in [-0.05, 0) is 67.4 Å². The highest BCUT2D eigenvalue weighted by molar-refractivity contribution is 5.91. The second-order valence-corrected chi connectivity index (χ2v) is 11.2. The highest BCUT2D eigenvalue weighted by Gasteiger charge is 2.83. The molecule has 0 radical (unpaired) electrons. The molecule has 176 valence electrons. The Labute approximate surface area is 195 Å². The summed E-state index contributed by atoms with van der Waals surface area (Å²) in [5.41, 5.74) is -1.24. The number of carbonyl (C=O) groups is 3. The van der Waals surface area contributed by atoms with E-state index in [1.807, 2.05) is 19.9 Å². The molecule has 5 heteroatoms. The van der Waals surface area contributed by atoms with Gasteiger partial charge in [-0.15, -0.1) is 0 Å². The number of hydrogen-bond acceptors (Lipinski definition) is 4. The number of aldehydes is 1. The molecule has 5 rings (SSSR count). The second-order valence-electron chi connectivity index (χ2n) is 11.2. The predicted octanol–water partition coefficient (Wildman–Crippen LogP) is 5.16. The van der Waals surface area contributed by atoms with E-state index in [0.717, 1.165) is 31.1 Å². The Kier molecular flexibility index (Phi) is 5.11. The number of carbonyl (C=O) groups excluding carboxylic acids is 2. The molecule has 0 aromatic heterocycles. The van der Waals surface area contributed by atoms with Crippen molar-refractivity contribution in [1.29, 1.82) is 0 Å². The number of allylic oxidation sites excluding steroid dienone is 1. The average molecular weight is 451 g/mol. The zero-order chi connectivity index (χ0) is 23.6. The first-order valence-electron chi connectivity index (χ1n) is 12.4. The first kappa shape index (κ1) is 22.4. The summed E-state index contributed by atoms with van der Waals surface area (Å²) < 4.78 is 5.68. The van der Waals surface area contributed by atoms with Crippen molar-refractivity contribution in [2.45, 2.75) is 52.9 Å². The zero-order valence-corrected chi connectivity index (χ0v) is 19.8. The maximum Gasteiger partial charge on any atom is 0.338 e. The lowest BCUT2D eigenvalue weighted by Gasteiger charge is -2.58. The van der Waals surface area contributed by atoms with Crippen molar-refractivity contribution >= 4 is 18.2 Å². The van der Waals surface area contributed by atoms with Gasteiger partial charge in [0.25, 0.3) is 0 Å². The number of esters is 1. The topological polar surface area (TPSA) is 80.7 Å². The molecule has 3 saturated carbocycles. The fraction of sp³-hybridized carbons (Fsp3) is 0.607. The largest absolute Gasteiger partial charge is 0.481 e. The third kappa shape index (κ3) is 2.62. The van der Waals surface area contributed by atoms with Crippen LogP contribution in [0.1, 0.15) is 63.2 Å². The molecule has 0 saturated heterocycles. The number of carboxylic acid groups (broad SMARTS) is 1. The third-order valence-electron chi connectivity index (χ3n) is 9.91. The number of hydrogen-bond donors (Lipinski definition) is 1. The highest BCUT2D eigenvalue weighted by atomic mass is 16.5. The standard InChI is InChI=1S/C28H34O5/c1-17(2)23-13-20-14-27(16-29)22-10-9-18(3)21(22)15-26(20,28(23,27)25(31)32)11-12-33-24(30)19-7-5-4-6-8-19/h4-8,13,16-18,20-22H,9-12,14-15H2,1-3H3,(H,31,32)/t18-,20?,21?,22?,26?,27?,28?/m1/s1. The molecule has 7 atom stereocenters. The molecule has 33 heavy (non-hydrogen) atoms. The van der Waals surface area contributed by atoms with Crippen LogP contribution in [0.3, 0.4) is 0 Å². The van der Waals surface area contributed by atoms with Gasteiger partial charge >= 0.3 is 11.9 Å². The van der Waals surface area contributed by atoms with Gasteiger partial charge in [-0.3, -0.25) is 4.79 Å². The van der Waals surface area contributed by atoms with Crippen LogP contribution in [0.25, 0.3) is 0 Å². The molecule has 0 heterocycles. The van der Waals surface area contributed by atoms with Gasteiger partial charge in [-0.25, -0.2) is 4.79 Å². The fourth-order valence-corrected chi connectivity index (χ4v) is 8.82. The van der Waals surface area contributed by atoms with Crippen molar-refractivity contribution in [3.63, 3.8) is 0 Å². The molecule has 0 aliphatic heterocycles. The van der Waals surface area contributed by atoms with Crippen LogP contribution < -0.4 is 0 Å². The quantitative estimate of drug-likeness (QED) is 0.353. The van der Waals surface area contributed by atoms with E-state index in [0.29, 0.717) is 30.2 Å². The third-order valence-corrected chi connectivity index (χ3v) is 9.91. The minimum atomic E-state index is -1.20. The van der Waals surface area contributed by atoms with E-state index in [2.05, 4.69) is 13.0 Å². The molecule has 3 fully saturated rings. The van der Waals surface area contributed by atoms with E-state index < -0.39 is 22.2 Å². The van der Waals surface area contributed by atoms with Gasteiger partial charge in [0.15, 0.2) is 0 Å². The summed E-state index contributed by atoms with van der Waals surface area (Å²) in [4.78, 5) is 39.0. The summed E-state index contributed by atoms with van der Waals surface area (Å²) in [7, 11) is 0. The van der Waals surface area contributed by atoms with Crippen molar-refractivity contribution in [2.24, 2.45) is 45.8 Å². The molecule has 4 aliphatic carbocycles. The van der Waals surface area contributed by atoms with Crippen LogP contribution in [0, 0.1) is 45.8 Å². The van der Waals surface area contributed by atoms with Crippen molar-refractivity contribution in [3.05, 3.63) is 47.5 Å². The molecule has 1 aromatic carbocycles. The number of rotatable bonds is 7. The Hall–Kier alpha value is -2.43. The Balaban J connectivity index is 1.55. The van der Waals surface area contributed by atoms with Crippen molar-refractivity contribution in [1.82, 2.24) is 0 Å². The molecular formula is C28H34O5. The van der Waals surface area contributed by atoms with Gasteiger partial charge in [0.05, 0.1) is 17.6 Å². The number of benzene rings is 1. The Morgan fingerprint density at radius 3 is 2.55 bits per heavy atom. The van der Waals surface area contributed by atoms with Crippen LogP contribution in [-0.4, -0.2) is 29.9 Å². The Morgan fingerprint density at radius 2 is 1.91 bits per heavy atom. The fourth-order valence-electron chi connectivity index (χ4n) is 8.82. The molecule has 6 unspecified atom stereocenters. The van der Waals surface area contributed by atoms with Crippen LogP contribution in [0.5, 0.6) is 0 Å². The summed E-state index contributed by atoms with van der Waals surface area (Å²) in [6.07, 6.45) is 7.07. The number of carboxylic acids is 1. The van der Waals surface area contributed by atoms with E-state index in [1.54, 1.807) is 24.3 Å². The van der Waals surface area contributed by atoms with E-state index in [1.165, 1.54) is 0 Å². The SMILES string of the molecule is CC(C)C1=CC2CC3(C=O)C4CC[C@@H](C)C4CC2(CCOC(=O)c2ccccc2)C13C(=O)O. The lowest BCUT2D eigenvalue weighted by atomic mass is 9.42. The van der Waals surface area contributed by atoms with Gasteiger partial charge < -0.3 is 14.6 Å². The summed E-state index contributed by atoms with van der Waals surface area (Å²) in [6.45, 7) is 6.51. The first-order chi connectivity index (χ1) is 15.7. The predicted molar refractivity (Wildman–Crippen MR) is 123 cm³/mol. The van der Waals surface area contributed by atoms with Gasteiger partial charge in [-0.1, -0.05) is 57.0 Å². The van der Waals surface area contributed by atoms with Gasteiger partial charge in [0.1, 0.15) is 11.7 Å². The van der Waals surface area contributed by atoms with E-state index >= 15 is 0 Å². The molecule has 0 amide bonds. The van der Waals surface area contributed by atoms with E-state index in [9.17, 15) is 19.5 Å². The average Bonchev–Trinajstić information content (AvgIpc) is 3.37. The Bertz CT molecular complexity index is 1010. The first-order valence-corrected chi connectivity index (χ1v) is 12.4. The minimum Gasteiger partial charge on any atom is -0.481 e. The molecule has 4 aliphatic rings. The number of aliphatic carboxylic acids is 1. The monoisotopic (exact) mass is 450 g/mol. The van der Waals surface area contributed by atoms with Crippen LogP contribution >= 0.6 is 0 Å². The summed E-state index contributed by atoms with van der Waals surface area (Å²) in [5.74, 6) is -0.222. The molecule has 4 bridgehead atoms. The molecule has 1 N–H and O–H groups in total. The minimum absolute atomic E-state index is 0.0319. The van der Waals surface area contributed by atoms with Crippen molar-refractivity contribution in [3.8, 4) is 0 Å². The second kappa shape index (κ2) is 7.54. The van der Waals surface area contributed by atoms with Crippen LogP contribution in [0.15, 0.2) is 42.0 Å². The van der Waals surface area contributed by atoms with Crippen LogP contribution in [0.4, 0.5) is 0 Å². The van der Waals surface area contributed by atoms with E-state index in [4.69, 9.17) is 4.74 Å². The normalized spacial score (nSPS) is 40.4. The van der Waals surface area contributed by atoms with Gasteiger partial charge in [0.2, 0.25) is 0 Å². The molecule has 0 spiro atoms. The highest BCUT2D eigenvalue weighted by Crippen LogP contribution is 2.83. The van der Waals surface area contributed by atoms with Gasteiger partial charge in [-0.2, -0.15) is 0 Å². The zero-order valence-electron chi connectivity index (χ0n) is 19.8. The van der Waals surface area contributed by atoms with E-state index in [-0.39, 0.29) is 30.3 Å². The lowest BCUT2D eigenvalue weighted by molar-refractivity contribution is -0.181. The maximum absolute atomic E-state index is 13.4. The summed E-state index contributed by atoms with van der Waals surface area (Å²) in [5, 5.41) is 10.9.